The Balaban J connectivity index is 1.45. The normalized spacial score (nSPS) is 13.5. The van der Waals surface area contributed by atoms with Crippen molar-refractivity contribution in [3.05, 3.63) is 66.4 Å². The van der Waals surface area contributed by atoms with Gasteiger partial charge in [0.1, 0.15) is 5.75 Å². The van der Waals surface area contributed by atoms with Crippen LogP contribution in [-0.2, 0) is 11.3 Å². The molecule has 0 amide bonds. The van der Waals surface area contributed by atoms with Gasteiger partial charge in [0.05, 0.1) is 40.2 Å². The second-order valence-electron chi connectivity index (χ2n) is 8.49. The number of benzene rings is 3. The first-order valence-electron chi connectivity index (χ1n) is 11.9. The van der Waals surface area contributed by atoms with E-state index in [9.17, 15) is 0 Å². The summed E-state index contributed by atoms with van der Waals surface area (Å²) in [5, 5.41) is 5.61. The molecule has 4 aromatic rings. The summed E-state index contributed by atoms with van der Waals surface area (Å²) in [7, 11) is 4.96. The van der Waals surface area contributed by atoms with E-state index < -0.39 is 0 Å². The van der Waals surface area contributed by atoms with Crippen molar-refractivity contribution in [3.8, 4) is 28.5 Å². The second-order valence-corrected chi connectivity index (χ2v) is 8.49. The number of anilines is 2. The zero-order valence-corrected chi connectivity index (χ0v) is 20.8. The molecule has 1 aliphatic heterocycles. The van der Waals surface area contributed by atoms with E-state index in [-0.39, 0.29) is 0 Å². The van der Waals surface area contributed by atoms with Crippen molar-refractivity contribution in [2.45, 2.75) is 6.54 Å². The van der Waals surface area contributed by atoms with Gasteiger partial charge in [-0.25, -0.2) is 9.97 Å². The summed E-state index contributed by atoms with van der Waals surface area (Å²) < 4.78 is 21.8. The van der Waals surface area contributed by atoms with Crippen LogP contribution in [0.25, 0.3) is 22.0 Å². The molecule has 0 aliphatic carbocycles. The van der Waals surface area contributed by atoms with Crippen molar-refractivity contribution in [1.29, 1.82) is 0 Å². The minimum absolute atomic E-state index is 0.556. The van der Waals surface area contributed by atoms with Crippen LogP contribution >= 0.6 is 0 Å². The van der Waals surface area contributed by atoms with Crippen molar-refractivity contribution in [1.82, 2.24) is 9.97 Å². The minimum atomic E-state index is 0.556. The quantitative estimate of drug-likeness (QED) is 0.382. The molecule has 0 saturated carbocycles. The van der Waals surface area contributed by atoms with E-state index in [0.29, 0.717) is 37.2 Å². The van der Waals surface area contributed by atoms with Crippen LogP contribution in [0.3, 0.4) is 0 Å². The van der Waals surface area contributed by atoms with E-state index in [2.05, 4.69) is 39.5 Å². The van der Waals surface area contributed by atoms with Gasteiger partial charge in [0.15, 0.2) is 11.5 Å². The summed E-state index contributed by atoms with van der Waals surface area (Å²) in [4.78, 5) is 11.6. The zero-order valence-electron chi connectivity index (χ0n) is 20.8. The molecule has 3 aromatic carbocycles. The van der Waals surface area contributed by atoms with Gasteiger partial charge in [0.2, 0.25) is 5.95 Å². The average molecular weight is 487 g/mol. The van der Waals surface area contributed by atoms with Crippen LogP contribution in [0.15, 0.2) is 60.8 Å². The van der Waals surface area contributed by atoms with Crippen molar-refractivity contribution >= 4 is 22.4 Å². The number of hydrogen-bond donors (Lipinski definition) is 1. The maximum Gasteiger partial charge on any atom is 0.223 e. The lowest BCUT2D eigenvalue weighted by Gasteiger charge is -2.30. The maximum absolute atomic E-state index is 5.59. The molecular weight excluding hydrogens is 456 g/mol. The number of nitrogens with zero attached hydrogens (tertiary/aromatic N) is 3. The van der Waals surface area contributed by atoms with Crippen LogP contribution in [0.5, 0.6) is 17.2 Å². The number of rotatable bonds is 8. The van der Waals surface area contributed by atoms with Gasteiger partial charge in [-0.1, -0.05) is 12.1 Å². The van der Waals surface area contributed by atoms with E-state index in [1.807, 2.05) is 30.3 Å². The second kappa shape index (κ2) is 10.7. The van der Waals surface area contributed by atoms with E-state index in [1.165, 1.54) is 0 Å². The van der Waals surface area contributed by atoms with Crippen molar-refractivity contribution < 1.29 is 18.9 Å². The standard InChI is InChI=1S/C28H30N4O4/c1-33-22-6-5-20-15-21(16-25(23(20)17-22)32-10-12-36-13-11-32)24-8-9-29-28(31-24)30-18-19-4-7-26(34-2)27(14-19)35-3/h4-9,14-17H,10-13,18H2,1-3H3,(H,29,30,31). The Labute approximate surface area is 210 Å². The molecular formula is C28H30N4O4. The van der Waals surface area contributed by atoms with E-state index in [0.717, 1.165) is 52.1 Å². The molecule has 2 heterocycles. The van der Waals surface area contributed by atoms with E-state index in [1.54, 1.807) is 27.5 Å². The van der Waals surface area contributed by atoms with Gasteiger partial charge in [-0.2, -0.15) is 0 Å². The number of nitrogens with one attached hydrogen (secondary N) is 1. The van der Waals surface area contributed by atoms with E-state index in [4.69, 9.17) is 23.9 Å². The first kappa shape index (κ1) is 23.7. The molecule has 1 aliphatic rings. The molecule has 186 valence electrons. The molecule has 0 radical (unpaired) electrons. The van der Waals surface area contributed by atoms with Gasteiger partial charge in [-0.3, -0.25) is 0 Å². The molecule has 0 bridgehead atoms. The Morgan fingerprint density at radius 3 is 2.50 bits per heavy atom. The van der Waals surface area contributed by atoms with Gasteiger partial charge in [-0.05, 0) is 53.4 Å². The third kappa shape index (κ3) is 4.99. The number of aromatic nitrogens is 2. The molecule has 36 heavy (non-hydrogen) atoms. The summed E-state index contributed by atoms with van der Waals surface area (Å²) in [6, 6.07) is 18.3. The Kier molecular flexibility index (Phi) is 7.04. The highest BCUT2D eigenvalue weighted by Crippen LogP contribution is 2.35. The summed E-state index contributed by atoms with van der Waals surface area (Å²) in [5.74, 6) is 2.79. The smallest absolute Gasteiger partial charge is 0.223 e. The fourth-order valence-corrected chi connectivity index (χ4v) is 4.43. The molecule has 0 spiro atoms. The largest absolute Gasteiger partial charge is 0.497 e. The van der Waals surface area contributed by atoms with Gasteiger partial charge >= 0.3 is 0 Å². The zero-order chi connectivity index (χ0) is 24.9. The number of morpholine rings is 1. The predicted molar refractivity (Wildman–Crippen MR) is 141 cm³/mol. The fourth-order valence-electron chi connectivity index (χ4n) is 4.43. The SMILES string of the molecule is COc1ccc2cc(-c3ccnc(NCc4ccc(OC)c(OC)c4)n3)cc(N3CCOCC3)c2c1. The average Bonchev–Trinajstić information content (AvgIpc) is 2.95. The molecule has 1 N–H and O–H groups in total. The summed E-state index contributed by atoms with van der Waals surface area (Å²) >= 11 is 0. The highest BCUT2D eigenvalue weighted by atomic mass is 16.5. The number of methoxy groups -OCH3 is 3. The van der Waals surface area contributed by atoms with Crippen LogP contribution < -0.4 is 24.4 Å². The maximum atomic E-state index is 5.59. The molecule has 5 rings (SSSR count). The Morgan fingerprint density at radius 2 is 1.72 bits per heavy atom. The van der Waals surface area contributed by atoms with Crippen LogP contribution in [0, 0.1) is 0 Å². The van der Waals surface area contributed by atoms with E-state index >= 15 is 0 Å². The topological polar surface area (TPSA) is 78.0 Å². The van der Waals surface area contributed by atoms with Gasteiger partial charge in [0.25, 0.3) is 0 Å². The highest BCUT2D eigenvalue weighted by Gasteiger charge is 2.17. The molecule has 0 unspecified atom stereocenters. The lowest BCUT2D eigenvalue weighted by Crippen LogP contribution is -2.36. The summed E-state index contributed by atoms with van der Waals surface area (Å²) in [6.45, 7) is 3.68. The number of hydrogen-bond acceptors (Lipinski definition) is 8. The Morgan fingerprint density at radius 1 is 0.889 bits per heavy atom. The lowest BCUT2D eigenvalue weighted by molar-refractivity contribution is 0.123. The lowest BCUT2D eigenvalue weighted by atomic mass is 10.0. The predicted octanol–water partition coefficient (Wildman–Crippen LogP) is 4.77. The van der Waals surface area contributed by atoms with Gasteiger partial charge < -0.3 is 29.2 Å². The molecule has 8 nitrogen and oxygen atoms in total. The van der Waals surface area contributed by atoms with Crippen LogP contribution in [0.1, 0.15) is 5.56 Å². The minimum Gasteiger partial charge on any atom is -0.497 e. The van der Waals surface area contributed by atoms with Gasteiger partial charge in [-0.15, -0.1) is 0 Å². The Hall–Kier alpha value is -4.04. The molecule has 8 heteroatoms. The van der Waals surface area contributed by atoms with Crippen molar-refractivity contribution in [3.63, 3.8) is 0 Å². The molecule has 1 saturated heterocycles. The number of fused-ring (bicyclic) bond motifs is 1. The monoisotopic (exact) mass is 486 g/mol. The number of ether oxygens (including phenoxy) is 4. The highest BCUT2D eigenvalue weighted by molar-refractivity contribution is 5.98. The first-order chi connectivity index (χ1) is 17.7. The van der Waals surface area contributed by atoms with Crippen LogP contribution in [0.4, 0.5) is 11.6 Å². The molecule has 1 fully saturated rings. The first-order valence-corrected chi connectivity index (χ1v) is 11.9. The third-order valence-corrected chi connectivity index (χ3v) is 6.34. The third-order valence-electron chi connectivity index (χ3n) is 6.34. The van der Waals surface area contributed by atoms with Crippen molar-refractivity contribution in [2.24, 2.45) is 0 Å². The van der Waals surface area contributed by atoms with Crippen molar-refractivity contribution in [2.75, 3.05) is 57.8 Å². The van der Waals surface area contributed by atoms with Crippen LogP contribution in [-0.4, -0.2) is 57.6 Å². The summed E-state index contributed by atoms with van der Waals surface area (Å²) in [6.07, 6.45) is 1.78. The van der Waals surface area contributed by atoms with Gasteiger partial charge in [0, 0.05) is 42.5 Å². The fraction of sp³-hybridized carbons (Fsp3) is 0.286. The van der Waals surface area contributed by atoms with Crippen LogP contribution in [0.2, 0.25) is 0 Å². The molecule has 1 aromatic heterocycles. The summed E-state index contributed by atoms with van der Waals surface area (Å²) in [5.41, 5.74) is 4.08. The Bertz CT molecular complexity index is 1350. The molecule has 0 atom stereocenters.